The minimum absolute atomic E-state index is 0.139. The summed E-state index contributed by atoms with van der Waals surface area (Å²) in [5, 5.41) is 9.40. The fourth-order valence-electron chi connectivity index (χ4n) is 4.60. The summed E-state index contributed by atoms with van der Waals surface area (Å²) in [5.74, 6) is 1.40. The van der Waals surface area contributed by atoms with E-state index in [1.807, 2.05) is 6.07 Å². The summed E-state index contributed by atoms with van der Waals surface area (Å²) >= 11 is 0. The molecule has 0 saturated carbocycles. The van der Waals surface area contributed by atoms with Gasteiger partial charge in [0.15, 0.2) is 11.5 Å². The fraction of sp³-hybridized carbons (Fsp3) is 0.667. The van der Waals surface area contributed by atoms with Crippen molar-refractivity contribution in [3.05, 3.63) is 23.3 Å². The molecule has 7 heteroatoms. The van der Waals surface area contributed by atoms with Crippen molar-refractivity contribution in [1.82, 2.24) is 4.90 Å². The lowest BCUT2D eigenvalue weighted by atomic mass is 9.79. The van der Waals surface area contributed by atoms with Crippen molar-refractivity contribution in [2.24, 2.45) is 17.6 Å². The van der Waals surface area contributed by atoms with Gasteiger partial charge < -0.3 is 19.3 Å². The third-order valence-electron chi connectivity index (χ3n) is 5.85. The summed E-state index contributed by atoms with van der Waals surface area (Å²) in [4.78, 5) is 14.5. The molecule has 4 atom stereocenters. The Bertz CT molecular complexity index is 706. The van der Waals surface area contributed by atoms with Gasteiger partial charge in [0.1, 0.15) is 6.10 Å². The molecule has 3 rings (SSSR count). The van der Waals surface area contributed by atoms with Crippen LogP contribution in [-0.4, -0.2) is 55.6 Å². The van der Waals surface area contributed by atoms with E-state index >= 15 is 0 Å². The van der Waals surface area contributed by atoms with Crippen molar-refractivity contribution in [2.45, 2.75) is 51.5 Å². The number of nitrogens with two attached hydrogens (primary N) is 1. The Labute approximate surface area is 166 Å². The molecule has 3 N–H and O–H groups in total. The predicted octanol–water partition coefficient (Wildman–Crippen LogP) is 1.86. The van der Waals surface area contributed by atoms with Crippen LogP contribution in [0.4, 0.5) is 0 Å². The van der Waals surface area contributed by atoms with Crippen molar-refractivity contribution >= 4 is 5.97 Å². The van der Waals surface area contributed by atoms with E-state index in [9.17, 15) is 9.90 Å². The molecule has 2 aliphatic rings. The smallest absolute Gasteiger partial charge is 0.350 e. The highest BCUT2D eigenvalue weighted by atomic mass is 16.6. The second kappa shape index (κ2) is 8.68. The van der Waals surface area contributed by atoms with E-state index in [1.54, 1.807) is 14.2 Å². The van der Waals surface area contributed by atoms with E-state index in [-0.39, 0.29) is 18.1 Å². The first-order valence-electron chi connectivity index (χ1n) is 9.97. The van der Waals surface area contributed by atoms with Gasteiger partial charge in [-0.25, -0.2) is 4.79 Å². The molecule has 2 heterocycles. The number of rotatable bonds is 6. The number of hydrogen-bond donors (Lipinski definition) is 2. The third-order valence-corrected chi connectivity index (χ3v) is 5.85. The molecule has 0 radical (unpaired) electrons. The lowest BCUT2D eigenvalue weighted by Gasteiger charge is -2.47. The SMILES string of the molecule is COc1cc2c(cc1OC)C1CC(OC(=O)C(N)O)C(CC(C)C)CN1CC2. The predicted molar refractivity (Wildman–Crippen MR) is 105 cm³/mol. The normalized spacial score (nSPS) is 25.6. The summed E-state index contributed by atoms with van der Waals surface area (Å²) in [7, 11) is 3.28. The fourth-order valence-corrected chi connectivity index (χ4v) is 4.60. The molecule has 0 amide bonds. The number of carbonyl (C=O) groups excluding carboxylic acids is 1. The molecular weight excluding hydrogens is 360 g/mol. The van der Waals surface area contributed by atoms with Crippen molar-refractivity contribution in [1.29, 1.82) is 0 Å². The molecule has 0 aliphatic carbocycles. The van der Waals surface area contributed by atoms with Crippen LogP contribution in [0.1, 0.15) is 43.9 Å². The van der Waals surface area contributed by atoms with Crippen LogP contribution >= 0.6 is 0 Å². The Morgan fingerprint density at radius 3 is 2.57 bits per heavy atom. The molecule has 1 aromatic carbocycles. The molecule has 0 spiro atoms. The summed E-state index contributed by atoms with van der Waals surface area (Å²) in [6.07, 6.45) is 0.722. The minimum Gasteiger partial charge on any atom is -0.493 e. The van der Waals surface area contributed by atoms with E-state index in [0.717, 1.165) is 31.7 Å². The van der Waals surface area contributed by atoms with Crippen LogP contribution in [0.5, 0.6) is 11.5 Å². The Balaban J connectivity index is 1.90. The lowest BCUT2D eigenvalue weighted by molar-refractivity contribution is -0.167. The standard InChI is InChI=1S/C21H32N2O5/c1-12(2)7-14-11-23-6-5-13-8-18(26-3)19(27-4)9-15(13)16(23)10-17(14)28-21(25)20(22)24/h8-9,12,14,16-17,20,24H,5-7,10-11,22H2,1-4H3. The molecule has 7 nitrogen and oxygen atoms in total. The molecule has 4 unspecified atom stereocenters. The minimum atomic E-state index is -1.60. The number of aliphatic hydroxyl groups excluding tert-OH is 1. The number of piperidine rings is 1. The average molecular weight is 392 g/mol. The molecule has 28 heavy (non-hydrogen) atoms. The third kappa shape index (κ3) is 4.26. The van der Waals surface area contributed by atoms with Gasteiger partial charge in [-0.2, -0.15) is 0 Å². The molecule has 0 bridgehead atoms. The largest absolute Gasteiger partial charge is 0.493 e. The number of carbonyl (C=O) groups is 1. The Kier molecular flexibility index (Phi) is 6.47. The van der Waals surface area contributed by atoms with Crippen LogP contribution in [0.15, 0.2) is 12.1 Å². The number of hydrogen-bond acceptors (Lipinski definition) is 7. The quantitative estimate of drug-likeness (QED) is 0.564. The topological polar surface area (TPSA) is 94.2 Å². The highest BCUT2D eigenvalue weighted by Crippen LogP contribution is 2.44. The summed E-state index contributed by atoms with van der Waals surface area (Å²) in [5.41, 5.74) is 7.75. The van der Waals surface area contributed by atoms with Gasteiger partial charge in [-0.05, 0) is 42.0 Å². The second-order valence-electron chi connectivity index (χ2n) is 8.21. The van der Waals surface area contributed by atoms with Gasteiger partial charge in [0.25, 0.3) is 0 Å². The maximum Gasteiger partial charge on any atom is 0.350 e. The summed E-state index contributed by atoms with van der Waals surface area (Å²) in [6, 6.07) is 4.24. The zero-order valence-corrected chi connectivity index (χ0v) is 17.2. The number of benzene rings is 1. The first kappa shape index (κ1) is 20.9. The van der Waals surface area contributed by atoms with Crippen LogP contribution in [-0.2, 0) is 16.0 Å². The zero-order chi connectivity index (χ0) is 20.4. The van der Waals surface area contributed by atoms with Crippen LogP contribution < -0.4 is 15.2 Å². The van der Waals surface area contributed by atoms with Gasteiger partial charge >= 0.3 is 5.97 Å². The maximum atomic E-state index is 12.0. The van der Waals surface area contributed by atoms with E-state index in [0.29, 0.717) is 18.1 Å². The monoisotopic (exact) mass is 392 g/mol. The van der Waals surface area contributed by atoms with Crippen LogP contribution in [0.2, 0.25) is 0 Å². The molecule has 2 aliphatic heterocycles. The van der Waals surface area contributed by atoms with Crippen molar-refractivity contribution in [2.75, 3.05) is 27.3 Å². The number of methoxy groups -OCH3 is 2. The molecule has 1 fully saturated rings. The van der Waals surface area contributed by atoms with E-state index < -0.39 is 12.2 Å². The van der Waals surface area contributed by atoms with Gasteiger partial charge in [0.05, 0.1) is 14.2 Å². The number of fused-ring (bicyclic) bond motifs is 3. The van der Waals surface area contributed by atoms with E-state index in [4.69, 9.17) is 19.9 Å². The maximum absolute atomic E-state index is 12.0. The van der Waals surface area contributed by atoms with Crippen LogP contribution in [0, 0.1) is 11.8 Å². The van der Waals surface area contributed by atoms with Crippen LogP contribution in [0.3, 0.4) is 0 Å². The highest BCUT2D eigenvalue weighted by Gasteiger charge is 2.41. The zero-order valence-electron chi connectivity index (χ0n) is 17.2. The summed E-state index contributed by atoms with van der Waals surface area (Å²) in [6.45, 7) is 6.16. The first-order valence-corrected chi connectivity index (χ1v) is 9.97. The number of nitrogens with zero attached hydrogens (tertiary/aromatic N) is 1. The van der Waals surface area contributed by atoms with Crippen molar-refractivity contribution in [3.63, 3.8) is 0 Å². The van der Waals surface area contributed by atoms with Crippen molar-refractivity contribution < 1.29 is 24.1 Å². The summed E-state index contributed by atoms with van der Waals surface area (Å²) < 4.78 is 16.6. The van der Waals surface area contributed by atoms with Gasteiger partial charge in [-0.15, -0.1) is 0 Å². The molecular formula is C21H32N2O5. The molecule has 0 aromatic heterocycles. The Morgan fingerprint density at radius 2 is 1.96 bits per heavy atom. The number of ether oxygens (including phenoxy) is 3. The molecule has 1 saturated heterocycles. The Morgan fingerprint density at radius 1 is 1.29 bits per heavy atom. The number of aliphatic hydroxyl groups is 1. The van der Waals surface area contributed by atoms with Gasteiger partial charge in [-0.1, -0.05) is 13.8 Å². The number of esters is 1. The van der Waals surface area contributed by atoms with E-state index in [2.05, 4.69) is 24.8 Å². The average Bonchev–Trinajstić information content (AvgIpc) is 2.66. The van der Waals surface area contributed by atoms with E-state index in [1.165, 1.54) is 11.1 Å². The first-order chi connectivity index (χ1) is 13.3. The van der Waals surface area contributed by atoms with Gasteiger partial charge in [0.2, 0.25) is 6.23 Å². The van der Waals surface area contributed by atoms with Gasteiger partial charge in [0, 0.05) is 31.5 Å². The van der Waals surface area contributed by atoms with Gasteiger partial charge in [-0.3, -0.25) is 10.6 Å². The second-order valence-corrected chi connectivity index (χ2v) is 8.21. The Hall–Kier alpha value is -1.83. The van der Waals surface area contributed by atoms with Crippen molar-refractivity contribution in [3.8, 4) is 11.5 Å². The molecule has 1 aromatic rings. The molecule has 156 valence electrons. The highest BCUT2D eigenvalue weighted by molar-refractivity contribution is 5.73. The lowest BCUT2D eigenvalue weighted by Crippen LogP contribution is -2.50. The van der Waals surface area contributed by atoms with Crippen LogP contribution in [0.25, 0.3) is 0 Å².